The van der Waals surface area contributed by atoms with Gasteiger partial charge in [-0.15, -0.1) is 0 Å². The first-order valence-corrected chi connectivity index (χ1v) is 8.23. The van der Waals surface area contributed by atoms with Crippen LogP contribution < -0.4 is 10.2 Å². The molecule has 0 spiro atoms. The second kappa shape index (κ2) is 6.73. The number of likely N-dealkylation sites (tertiary alicyclic amines) is 1. The van der Waals surface area contributed by atoms with E-state index < -0.39 is 11.6 Å². The molecule has 0 radical (unpaired) electrons. The molecule has 3 nitrogen and oxygen atoms in total. The van der Waals surface area contributed by atoms with Crippen molar-refractivity contribution in [1.29, 1.82) is 0 Å². The first-order chi connectivity index (χ1) is 10.6. The molecule has 1 heterocycles. The van der Waals surface area contributed by atoms with E-state index in [1.165, 1.54) is 43.1 Å². The summed E-state index contributed by atoms with van der Waals surface area (Å²) in [7, 11) is 0. The van der Waals surface area contributed by atoms with Crippen molar-refractivity contribution in [3.8, 4) is 0 Å². The van der Waals surface area contributed by atoms with Crippen molar-refractivity contribution in [2.24, 2.45) is 5.92 Å². The van der Waals surface area contributed by atoms with Gasteiger partial charge < -0.3 is 10.2 Å². The summed E-state index contributed by atoms with van der Waals surface area (Å²) in [5, 5.41) is 2.58. The largest absolute Gasteiger partial charge is 0.324 e. The van der Waals surface area contributed by atoms with Gasteiger partial charge in [-0.2, -0.15) is 0 Å². The molecule has 1 saturated carbocycles. The highest BCUT2D eigenvalue weighted by Gasteiger charge is 2.37. The molecule has 2 N–H and O–H groups in total. The van der Waals surface area contributed by atoms with Gasteiger partial charge in [0.25, 0.3) is 5.91 Å². The van der Waals surface area contributed by atoms with E-state index in [1.807, 2.05) is 0 Å². The van der Waals surface area contributed by atoms with E-state index in [2.05, 4.69) is 5.32 Å². The zero-order valence-electron chi connectivity index (χ0n) is 12.7. The van der Waals surface area contributed by atoms with E-state index in [0.29, 0.717) is 12.6 Å². The van der Waals surface area contributed by atoms with Crippen LogP contribution in [0.5, 0.6) is 0 Å². The molecule has 22 heavy (non-hydrogen) atoms. The fourth-order valence-electron chi connectivity index (χ4n) is 4.08. The standard InChI is InChI=1S/C17H22F2N2O/c18-13-7-8-15(14(19)10-13)20-17(22)11-21-9-3-5-12-4-1-2-6-16(12)21/h7-8,10,12,16H,1-6,9,11H2,(H,20,22)/p+1/t12-,16+/m1/s1. The fourth-order valence-corrected chi connectivity index (χ4v) is 4.08. The van der Waals surface area contributed by atoms with E-state index in [1.54, 1.807) is 0 Å². The lowest BCUT2D eigenvalue weighted by atomic mass is 9.78. The summed E-state index contributed by atoms with van der Waals surface area (Å²) < 4.78 is 26.5. The van der Waals surface area contributed by atoms with Crippen molar-refractivity contribution < 1.29 is 18.5 Å². The van der Waals surface area contributed by atoms with Crippen molar-refractivity contribution in [2.45, 2.75) is 44.6 Å². The SMILES string of the molecule is O=C(C[NH+]1CCC[C@H]2CCCC[C@@H]21)Nc1ccc(F)cc1F. The Balaban J connectivity index is 1.61. The van der Waals surface area contributed by atoms with Gasteiger partial charge in [0.05, 0.1) is 18.3 Å². The average Bonchev–Trinajstić information content (AvgIpc) is 2.50. The molecule has 1 unspecified atom stereocenters. The summed E-state index contributed by atoms with van der Waals surface area (Å²) in [5.41, 5.74) is 0.0583. The van der Waals surface area contributed by atoms with Gasteiger partial charge in [-0.3, -0.25) is 4.79 Å². The Morgan fingerprint density at radius 1 is 1.18 bits per heavy atom. The molecular weight excluding hydrogens is 286 g/mol. The van der Waals surface area contributed by atoms with Crippen LogP contribution in [0.25, 0.3) is 0 Å². The predicted octanol–water partition coefficient (Wildman–Crippen LogP) is 2.14. The molecule has 3 atom stereocenters. The topological polar surface area (TPSA) is 33.5 Å². The van der Waals surface area contributed by atoms with Crippen molar-refractivity contribution in [2.75, 3.05) is 18.4 Å². The van der Waals surface area contributed by atoms with E-state index in [4.69, 9.17) is 0 Å². The normalized spacial score (nSPS) is 28.0. The second-order valence-corrected chi connectivity index (χ2v) is 6.55. The smallest absolute Gasteiger partial charge is 0.279 e. The highest BCUT2D eigenvalue weighted by molar-refractivity contribution is 5.91. The molecule has 1 amide bonds. The van der Waals surface area contributed by atoms with E-state index >= 15 is 0 Å². The molecule has 1 aliphatic carbocycles. The van der Waals surface area contributed by atoms with Gasteiger partial charge in [-0.1, -0.05) is 6.42 Å². The molecular formula is C17H23F2N2O+. The van der Waals surface area contributed by atoms with Crippen molar-refractivity contribution in [1.82, 2.24) is 0 Å². The number of quaternary nitrogens is 1. The minimum Gasteiger partial charge on any atom is -0.324 e. The van der Waals surface area contributed by atoms with Crippen molar-refractivity contribution in [3.63, 3.8) is 0 Å². The van der Waals surface area contributed by atoms with Gasteiger partial charge in [-0.25, -0.2) is 8.78 Å². The Bertz CT molecular complexity index is 547. The number of piperidine rings is 1. The lowest BCUT2D eigenvalue weighted by Gasteiger charge is -2.40. The highest BCUT2D eigenvalue weighted by Crippen LogP contribution is 2.28. The Labute approximate surface area is 129 Å². The summed E-state index contributed by atoms with van der Waals surface area (Å²) in [6.07, 6.45) is 7.47. The molecule has 1 aromatic rings. The minimum absolute atomic E-state index is 0.0583. The van der Waals surface area contributed by atoms with E-state index in [9.17, 15) is 13.6 Å². The fraction of sp³-hybridized carbons (Fsp3) is 0.588. The number of halogens is 2. The van der Waals surface area contributed by atoms with Crippen LogP contribution in [0.3, 0.4) is 0 Å². The summed E-state index contributed by atoms with van der Waals surface area (Å²) >= 11 is 0. The first kappa shape index (κ1) is 15.4. The zero-order chi connectivity index (χ0) is 15.5. The number of fused-ring (bicyclic) bond motifs is 1. The maximum absolute atomic E-state index is 13.6. The third-order valence-electron chi connectivity index (χ3n) is 5.10. The van der Waals surface area contributed by atoms with Crippen molar-refractivity contribution >= 4 is 11.6 Å². The number of carbonyl (C=O) groups is 1. The van der Waals surface area contributed by atoms with E-state index in [0.717, 1.165) is 31.0 Å². The minimum atomic E-state index is -0.725. The van der Waals surface area contributed by atoms with Crippen molar-refractivity contribution in [3.05, 3.63) is 29.8 Å². The number of benzene rings is 1. The Kier molecular flexibility index (Phi) is 4.71. The Hall–Kier alpha value is -1.49. The van der Waals surface area contributed by atoms with Crippen LogP contribution in [0.4, 0.5) is 14.5 Å². The van der Waals surface area contributed by atoms with Gasteiger partial charge in [0.15, 0.2) is 6.54 Å². The summed E-state index contributed by atoms with van der Waals surface area (Å²) in [5.74, 6) is -0.806. The third-order valence-corrected chi connectivity index (χ3v) is 5.10. The molecule has 1 aromatic carbocycles. The van der Waals surface area contributed by atoms with Gasteiger partial charge in [0.1, 0.15) is 11.6 Å². The van der Waals surface area contributed by atoms with Crippen LogP contribution in [0.15, 0.2) is 18.2 Å². The number of anilines is 1. The Morgan fingerprint density at radius 3 is 2.77 bits per heavy atom. The van der Waals surface area contributed by atoms with Crippen LogP contribution in [0.1, 0.15) is 38.5 Å². The first-order valence-electron chi connectivity index (χ1n) is 8.23. The summed E-state index contributed by atoms with van der Waals surface area (Å²) in [4.78, 5) is 13.5. The summed E-state index contributed by atoms with van der Waals surface area (Å²) in [6.45, 7) is 1.39. The maximum atomic E-state index is 13.6. The number of rotatable bonds is 3. The lowest BCUT2D eigenvalue weighted by molar-refractivity contribution is -0.928. The second-order valence-electron chi connectivity index (χ2n) is 6.55. The molecule has 120 valence electrons. The van der Waals surface area contributed by atoms with Crippen LogP contribution in [0, 0.1) is 17.6 Å². The molecule has 3 rings (SSSR count). The van der Waals surface area contributed by atoms with Crippen LogP contribution in [-0.2, 0) is 4.79 Å². The van der Waals surface area contributed by atoms with Crippen LogP contribution >= 0.6 is 0 Å². The quantitative estimate of drug-likeness (QED) is 0.881. The van der Waals surface area contributed by atoms with Gasteiger partial charge in [0, 0.05) is 12.0 Å². The van der Waals surface area contributed by atoms with Crippen LogP contribution in [-0.4, -0.2) is 25.0 Å². The number of hydrogen-bond donors (Lipinski definition) is 2. The van der Waals surface area contributed by atoms with Gasteiger partial charge in [-0.05, 0) is 44.2 Å². The van der Waals surface area contributed by atoms with Gasteiger partial charge in [0.2, 0.25) is 0 Å². The zero-order valence-corrected chi connectivity index (χ0v) is 12.7. The highest BCUT2D eigenvalue weighted by atomic mass is 19.1. The molecule has 1 saturated heterocycles. The third kappa shape index (κ3) is 3.46. The molecule has 1 aliphatic heterocycles. The van der Waals surface area contributed by atoms with Crippen LogP contribution in [0.2, 0.25) is 0 Å². The lowest BCUT2D eigenvalue weighted by Crippen LogP contribution is -3.18. The Morgan fingerprint density at radius 2 is 1.95 bits per heavy atom. The predicted molar refractivity (Wildman–Crippen MR) is 80.7 cm³/mol. The van der Waals surface area contributed by atoms with E-state index in [-0.39, 0.29) is 11.6 Å². The number of amides is 1. The maximum Gasteiger partial charge on any atom is 0.279 e. The number of hydrogen-bond acceptors (Lipinski definition) is 1. The molecule has 0 bridgehead atoms. The molecule has 5 heteroatoms. The molecule has 2 fully saturated rings. The molecule has 2 aliphatic rings. The monoisotopic (exact) mass is 309 g/mol. The number of nitrogens with one attached hydrogen (secondary N) is 2. The summed E-state index contributed by atoms with van der Waals surface area (Å²) in [6, 6.07) is 3.80. The van der Waals surface area contributed by atoms with Gasteiger partial charge >= 0.3 is 0 Å². The number of carbonyl (C=O) groups excluding carboxylic acids is 1. The molecule has 0 aromatic heterocycles. The average molecular weight is 309 g/mol.